The van der Waals surface area contributed by atoms with Crippen LogP contribution in [-0.4, -0.2) is 0 Å². The van der Waals surface area contributed by atoms with E-state index >= 15 is 0 Å². The molecule has 3 nitrogen and oxygen atoms in total. The van der Waals surface area contributed by atoms with E-state index in [1.165, 1.54) is 0 Å². The summed E-state index contributed by atoms with van der Waals surface area (Å²) in [5.74, 6) is -1.66. The molecule has 76 valence electrons. The van der Waals surface area contributed by atoms with E-state index in [2.05, 4.69) is 0 Å². The fraction of sp³-hybridized carbons (Fsp3) is 0. The molecule has 0 fully saturated rings. The van der Waals surface area contributed by atoms with Crippen LogP contribution in [0.25, 0.3) is 11.1 Å². The van der Waals surface area contributed by atoms with Gasteiger partial charge in [0.15, 0.2) is 0 Å². The van der Waals surface area contributed by atoms with Crippen molar-refractivity contribution in [3.63, 3.8) is 0 Å². The fourth-order valence-corrected chi connectivity index (χ4v) is 1.37. The maximum absolute atomic E-state index is 13.2. The van der Waals surface area contributed by atoms with Gasteiger partial charge in [0.25, 0.3) is 0 Å². The van der Waals surface area contributed by atoms with Gasteiger partial charge in [-0.05, 0) is 12.1 Å². The van der Waals surface area contributed by atoms with E-state index in [-0.39, 0.29) is 16.8 Å². The Labute approximate surface area is 82.5 Å². The second kappa shape index (κ2) is 2.98. The number of anilines is 1. The van der Waals surface area contributed by atoms with Crippen molar-refractivity contribution in [3.05, 3.63) is 50.3 Å². The number of halogens is 2. The Morgan fingerprint density at radius 2 is 1.73 bits per heavy atom. The normalized spacial score (nSPS) is 10.8. The number of rotatable bonds is 1. The van der Waals surface area contributed by atoms with Crippen molar-refractivity contribution >= 4 is 5.69 Å². The van der Waals surface area contributed by atoms with Crippen LogP contribution in [0, 0.1) is 11.6 Å². The Morgan fingerprint density at radius 3 is 2.27 bits per heavy atom. The summed E-state index contributed by atoms with van der Waals surface area (Å²) < 4.78 is 25.8. The Kier molecular flexibility index (Phi) is 1.89. The first-order valence-corrected chi connectivity index (χ1v) is 4.06. The van der Waals surface area contributed by atoms with E-state index in [1.54, 1.807) is 0 Å². The van der Waals surface area contributed by atoms with Crippen LogP contribution in [0.2, 0.25) is 0 Å². The molecule has 0 saturated heterocycles. The minimum Gasteiger partial charge on any atom is -0.395 e. The molecule has 0 radical (unpaired) electrons. The average Bonchev–Trinajstić information content (AvgIpc) is 2.21. The third-order valence-corrected chi connectivity index (χ3v) is 2.15. The molecule has 2 aromatic carbocycles. The van der Waals surface area contributed by atoms with Crippen molar-refractivity contribution in [1.29, 1.82) is 0 Å². The molecule has 2 rings (SSSR count). The molecule has 0 aliphatic carbocycles. The van der Waals surface area contributed by atoms with Crippen molar-refractivity contribution in [2.24, 2.45) is 0 Å². The highest BCUT2D eigenvalue weighted by Crippen LogP contribution is 2.24. The molecule has 2 N–H and O–H groups in total. The molecule has 15 heavy (non-hydrogen) atoms. The summed E-state index contributed by atoms with van der Waals surface area (Å²) in [6, 6.07) is 2.71. The maximum Gasteiger partial charge on any atom is 0.249 e. The number of nitrogens with two attached hydrogens (primary N) is 1. The standard InChI is InChI=1S/C10H5F2NO2/c11-4-1-2-5(6(12)3-4)7-8(13)10(15)9(7)14/h1-3H,13H2. The van der Waals surface area contributed by atoms with E-state index in [4.69, 9.17) is 5.73 Å². The molecule has 0 saturated carbocycles. The number of benzene rings is 1. The Hall–Kier alpha value is -2.04. The molecule has 0 atom stereocenters. The van der Waals surface area contributed by atoms with Gasteiger partial charge in [0.1, 0.15) is 11.6 Å². The van der Waals surface area contributed by atoms with Crippen molar-refractivity contribution in [2.75, 3.05) is 5.73 Å². The minimum atomic E-state index is -0.909. The van der Waals surface area contributed by atoms with E-state index in [0.717, 1.165) is 12.1 Å². The predicted molar refractivity (Wildman–Crippen MR) is 51.1 cm³/mol. The first-order valence-electron chi connectivity index (χ1n) is 4.06. The lowest BCUT2D eigenvalue weighted by Gasteiger charge is -2.07. The van der Waals surface area contributed by atoms with Gasteiger partial charge >= 0.3 is 0 Å². The van der Waals surface area contributed by atoms with Crippen LogP contribution >= 0.6 is 0 Å². The van der Waals surface area contributed by atoms with Crippen LogP contribution in [-0.2, 0) is 0 Å². The van der Waals surface area contributed by atoms with Gasteiger partial charge in [-0.3, -0.25) is 9.59 Å². The van der Waals surface area contributed by atoms with Crippen LogP contribution in [0.3, 0.4) is 0 Å². The van der Waals surface area contributed by atoms with Crippen molar-refractivity contribution in [3.8, 4) is 11.1 Å². The smallest absolute Gasteiger partial charge is 0.249 e. The number of hydrogen-bond donors (Lipinski definition) is 1. The van der Waals surface area contributed by atoms with Gasteiger partial charge in [0, 0.05) is 11.6 Å². The van der Waals surface area contributed by atoms with Crippen LogP contribution in [0.15, 0.2) is 27.8 Å². The monoisotopic (exact) mass is 209 g/mol. The topological polar surface area (TPSA) is 60.2 Å². The molecule has 0 unspecified atom stereocenters. The first-order chi connectivity index (χ1) is 7.02. The second-order valence-corrected chi connectivity index (χ2v) is 3.07. The molecule has 0 aliphatic rings. The third kappa shape index (κ3) is 1.24. The van der Waals surface area contributed by atoms with Gasteiger partial charge in [-0.15, -0.1) is 0 Å². The van der Waals surface area contributed by atoms with E-state index < -0.39 is 22.5 Å². The van der Waals surface area contributed by atoms with Gasteiger partial charge in [-0.2, -0.15) is 0 Å². The Balaban J connectivity index is 2.67. The molecule has 5 heteroatoms. The SMILES string of the molecule is Nc1c(-c2ccc(F)cc2F)c(=O)c1=O. The molecule has 2 aromatic rings. The number of nitrogen functional groups attached to an aromatic ring is 1. The van der Waals surface area contributed by atoms with Crippen LogP contribution < -0.4 is 16.6 Å². The highest BCUT2D eigenvalue weighted by atomic mass is 19.1. The Morgan fingerprint density at radius 1 is 1.07 bits per heavy atom. The van der Waals surface area contributed by atoms with Crippen molar-refractivity contribution < 1.29 is 8.78 Å². The van der Waals surface area contributed by atoms with E-state index in [9.17, 15) is 18.4 Å². The van der Waals surface area contributed by atoms with Crippen molar-refractivity contribution in [1.82, 2.24) is 0 Å². The molecule has 0 spiro atoms. The maximum atomic E-state index is 13.2. The summed E-state index contributed by atoms with van der Waals surface area (Å²) in [5, 5.41) is 0. The molecular formula is C10H5F2NO2. The quantitative estimate of drug-likeness (QED) is 0.707. The molecule has 0 aromatic heterocycles. The van der Waals surface area contributed by atoms with Gasteiger partial charge in [-0.25, -0.2) is 8.78 Å². The highest BCUT2D eigenvalue weighted by molar-refractivity contribution is 5.80. The molecule has 0 bridgehead atoms. The largest absolute Gasteiger partial charge is 0.395 e. The van der Waals surface area contributed by atoms with Gasteiger partial charge in [0.05, 0.1) is 11.3 Å². The summed E-state index contributed by atoms with van der Waals surface area (Å²) in [5.41, 5.74) is 3.00. The van der Waals surface area contributed by atoms with Gasteiger partial charge < -0.3 is 5.73 Å². The fourth-order valence-electron chi connectivity index (χ4n) is 1.37. The van der Waals surface area contributed by atoms with Gasteiger partial charge in [0.2, 0.25) is 10.9 Å². The van der Waals surface area contributed by atoms with E-state index in [0.29, 0.717) is 6.07 Å². The number of hydrogen-bond acceptors (Lipinski definition) is 3. The molecular weight excluding hydrogens is 204 g/mol. The highest BCUT2D eigenvalue weighted by Gasteiger charge is 2.22. The zero-order valence-corrected chi connectivity index (χ0v) is 7.38. The lowest BCUT2D eigenvalue weighted by molar-refractivity contribution is 0.585. The predicted octanol–water partition coefficient (Wildman–Crippen LogP) is 0.810. The van der Waals surface area contributed by atoms with Crippen LogP contribution in [0.1, 0.15) is 0 Å². The lowest BCUT2D eigenvalue weighted by Crippen LogP contribution is -2.36. The molecule has 0 amide bonds. The van der Waals surface area contributed by atoms with E-state index in [1.807, 2.05) is 0 Å². The zero-order chi connectivity index (χ0) is 11.2. The van der Waals surface area contributed by atoms with Crippen molar-refractivity contribution in [2.45, 2.75) is 0 Å². The summed E-state index contributed by atoms with van der Waals surface area (Å²) in [4.78, 5) is 21.9. The summed E-state index contributed by atoms with van der Waals surface area (Å²) in [7, 11) is 0. The van der Waals surface area contributed by atoms with Gasteiger partial charge in [-0.1, -0.05) is 0 Å². The summed E-state index contributed by atoms with van der Waals surface area (Å²) >= 11 is 0. The third-order valence-electron chi connectivity index (χ3n) is 2.15. The molecule has 0 heterocycles. The summed E-state index contributed by atoms with van der Waals surface area (Å²) in [6.45, 7) is 0. The summed E-state index contributed by atoms with van der Waals surface area (Å²) in [6.07, 6.45) is 0. The Bertz CT molecular complexity index is 612. The first kappa shape index (κ1) is 9.51. The van der Waals surface area contributed by atoms with Crippen LogP contribution in [0.4, 0.5) is 14.5 Å². The zero-order valence-electron chi connectivity index (χ0n) is 7.38. The molecule has 0 aliphatic heterocycles. The van der Waals surface area contributed by atoms with Crippen LogP contribution in [0.5, 0.6) is 0 Å². The minimum absolute atomic E-state index is 0.140. The second-order valence-electron chi connectivity index (χ2n) is 3.07. The lowest BCUT2D eigenvalue weighted by atomic mass is 9.98. The average molecular weight is 209 g/mol.